The Labute approximate surface area is 168 Å². The molecule has 6 nitrogen and oxygen atoms in total. The van der Waals surface area contributed by atoms with E-state index in [2.05, 4.69) is 0 Å². The largest absolute Gasteiger partial charge is 0.335 e. The van der Waals surface area contributed by atoms with Gasteiger partial charge in [0.15, 0.2) is 16.4 Å². The Morgan fingerprint density at radius 1 is 1.17 bits per heavy atom. The lowest BCUT2D eigenvalue weighted by Crippen LogP contribution is -2.57. The SMILES string of the molecule is CC(C)(C(=O)N1[C@@H]2CC[C@H]1C[C@H]([C@H](N)Cc1cc(F)c(F)cc1F)C2)S(=O)(=O)O. The van der Waals surface area contributed by atoms with Crippen molar-refractivity contribution in [3.8, 4) is 0 Å². The maximum atomic E-state index is 13.9. The van der Waals surface area contributed by atoms with Gasteiger partial charge >= 0.3 is 0 Å². The van der Waals surface area contributed by atoms with Crippen molar-refractivity contribution in [1.29, 1.82) is 0 Å². The van der Waals surface area contributed by atoms with Crippen LogP contribution in [0.4, 0.5) is 13.2 Å². The predicted molar refractivity (Wildman–Crippen MR) is 100 cm³/mol. The maximum Gasteiger partial charge on any atom is 0.279 e. The van der Waals surface area contributed by atoms with E-state index in [9.17, 15) is 30.9 Å². The Morgan fingerprint density at radius 3 is 2.21 bits per heavy atom. The Kier molecular flexibility index (Phi) is 5.74. The van der Waals surface area contributed by atoms with Gasteiger partial charge in [-0.25, -0.2) is 13.2 Å². The van der Waals surface area contributed by atoms with Crippen LogP contribution < -0.4 is 5.73 Å². The summed E-state index contributed by atoms with van der Waals surface area (Å²) in [5, 5.41) is 0. The minimum atomic E-state index is -4.58. The third-order valence-electron chi connectivity index (χ3n) is 6.31. The van der Waals surface area contributed by atoms with E-state index >= 15 is 0 Å². The van der Waals surface area contributed by atoms with E-state index in [0.29, 0.717) is 31.7 Å². The average molecular weight is 434 g/mol. The van der Waals surface area contributed by atoms with Gasteiger partial charge in [0.25, 0.3) is 10.1 Å². The van der Waals surface area contributed by atoms with Gasteiger partial charge in [0, 0.05) is 24.2 Å². The Bertz CT molecular complexity index is 908. The maximum absolute atomic E-state index is 13.9. The summed E-state index contributed by atoms with van der Waals surface area (Å²) in [6.45, 7) is 2.35. The van der Waals surface area contributed by atoms with Gasteiger partial charge in [0.1, 0.15) is 5.82 Å². The van der Waals surface area contributed by atoms with Crippen LogP contribution in [-0.2, 0) is 21.3 Å². The van der Waals surface area contributed by atoms with Crippen molar-refractivity contribution in [3.63, 3.8) is 0 Å². The lowest BCUT2D eigenvalue weighted by Gasteiger charge is -2.43. The zero-order valence-corrected chi connectivity index (χ0v) is 17.1. The minimum Gasteiger partial charge on any atom is -0.335 e. The van der Waals surface area contributed by atoms with Crippen LogP contribution in [0.3, 0.4) is 0 Å². The summed E-state index contributed by atoms with van der Waals surface area (Å²) in [4.78, 5) is 14.4. The second-order valence-corrected chi connectivity index (χ2v) is 10.5. The molecule has 0 aliphatic carbocycles. The standard InChI is InChI=1S/C19H25F3N2O4S/c1-19(2,29(26,27)28)18(25)24-12-3-4-13(24)6-11(5-12)17(23)8-10-7-15(21)16(22)9-14(10)20/h7,9,11-13,17H,3-6,8,23H2,1-2H3,(H,26,27,28)/t11-,12-,13+,17-/m1/s1. The normalized spacial score (nSPS) is 25.9. The highest BCUT2D eigenvalue weighted by Gasteiger charge is 2.51. The first kappa shape index (κ1) is 22.0. The molecule has 3 N–H and O–H groups in total. The highest BCUT2D eigenvalue weighted by molar-refractivity contribution is 7.88. The number of carbonyl (C=O) groups excluding carboxylic acids is 1. The Balaban J connectivity index is 1.73. The number of nitrogens with zero attached hydrogens (tertiary/aromatic N) is 1. The molecule has 0 aromatic heterocycles. The van der Waals surface area contributed by atoms with Gasteiger partial charge in [-0.1, -0.05) is 0 Å². The molecule has 0 saturated carbocycles. The molecule has 2 aliphatic rings. The highest BCUT2D eigenvalue weighted by atomic mass is 32.2. The molecule has 4 atom stereocenters. The number of hydrogen-bond acceptors (Lipinski definition) is 4. The molecular weight excluding hydrogens is 409 g/mol. The van der Waals surface area contributed by atoms with Crippen molar-refractivity contribution in [1.82, 2.24) is 4.90 Å². The number of benzene rings is 1. The molecule has 2 saturated heterocycles. The first-order valence-electron chi connectivity index (χ1n) is 9.51. The average Bonchev–Trinajstić information content (AvgIpc) is 2.86. The molecule has 1 aromatic rings. The number of rotatable bonds is 5. The fourth-order valence-corrected chi connectivity index (χ4v) is 4.79. The smallest absolute Gasteiger partial charge is 0.279 e. The lowest BCUT2D eigenvalue weighted by molar-refractivity contribution is -0.138. The van der Waals surface area contributed by atoms with Gasteiger partial charge in [0.2, 0.25) is 5.91 Å². The quantitative estimate of drug-likeness (QED) is 0.548. The van der Waals surface area contributed by atoms with Gasteiger partial charge in [-0.3, -0.25) is 9.35 Å². The van der Waals surface area contributed by atoms with Crippen molar-refractivity contribution in [3.05, 3.63) is 35.1 Å². The molecule has 0 unspecified atom stereocenters. The number of fused-ring (bicyclic) bond motifs is 2. The van der Waals surface area contributed by atoms with E-state index in [1.807, 2.05) is 0 Å². The van der Waals surface area contributed by atoms with E-state index in [4.69, 9.17) is 5.73 Å². The molecule has 3 rings (SSSR count). The zero-order chi connectivity index (χ0) is 21.7. The van der Waals surface area contributed by atoms with Crippen LogP contribution >= 0.6 is 0 Å². The molecule has 1 aromatic carbocycles. The van der Waals surface area contributed by atoms with Crippen LogP contribution in [0.5, 0.6) is 0 Å². The topological polar surface area (TPSA) is 101 Å². The van der Waals surface area contributed by atoms with Gasteiger partial charge in [-0.05, 0) is 63.5 Å². The fraction of sp³-hybridized carbons (Fsp3) is 0.632. The molecule has 0 spiro atoms. The third-order valence-corrected chi connectivity index (χ3v) is 7.78. The van der Waals surface area contributed by atoms with E-state index < -0.39 is 44.3 Å². The van der Waals surface area contributed by atoms with Crippen LogP contribution in [0.1, 0.15) is 45.1 Å². The molecule has 2 fully saturated rings. The molecule has 2 bridgehead atoms. The van der Waals surface area contributed by atoms with E-state index in [0.717, 1.165) is 6.07 Å². The number of hydrogen-bond donors (Lipinski definition) is 2. The lowest BCUT2D eigenvalue weighted by atomic mass is 9.82. The van der Waals surface area contributed by atoms with Gasteiger partial charge in [-0.15, -0.1) is 0 Å². The summed E-state index contributed by atoms with van der Waals surface area (Å²) < 4.78 is 71.2. The molecule has 2 aliphatic heterocycles. The summed E-state index contributed by atoms with van der Waals surface area (Å²) in [7, 11) is -4.58. The van der Waals surface area contributed by atoms with E-state index in [-0.39, 0.29) is 30.0 Å². The molecule has 0 radical (unpaired) electrons. The second-order valence-electron chi connectivity index (χ2n) is 8.54. The van der Waals surface area contributed by atoms with E-state index in [1.165, 1.54) is 18.7 Å². The Morgan fingerprint density at radius 2 is 1.69 bits per heavy atom. The number of amides is 1. The summed E-state index contributed by atoms with van der Waals surface area (Å²) in [5.41, 5.74) is 6.24. The van der Waals surface area contributed by atoms with Crippen LogP contribution in [0.25, 0.3) is 0 Å². The summed E-state index contributed by atoms with van der Waals surface area (Å²) >= 11 is 0. The van der Waals surface area contributed by atoms with Crippen LogP contribution in [-0.4, -0.2) is 46.7 Å². The van der Waals surface area contributed by atoms with Crippen molar-refractivity contribution in [2.24, 2.45) is 11.7 Å². The first-order chi connectivity index (χ1) is 13.3. The summed E-state index contributed by atoms with van der Waals surface area (Å²) in [5.74, 6) is -3.98. The summed E-state index contributed by atoms with van der Waals surface area (Å²) in [6.07, 6.45) is 2.38. The fourth-order valence-electron chi connectivity index (χ4n) is 4.46. The molecule has 1 amide bonds. The number of carbonyl (C=O) groups is 1. The van der Waals surface area contributed by atoms with Crippen LogP contribution in [0, 0.1) is 23.4 Å². The number of nitrogens with two attached hydrogens (primary N) is 1. The van der Waals surface area contributed by atoms with Gasteiger partial charge in [0.05, 0.1) is 0 Å². The van der Waals surface area contributed by atoms with E-state index in [1.54, 1.807) is 0 Å². The zero-order valence-electron chi connectivity index (χ0n) is 16.2. The van der Waals surface area contributed by atoms with Gasteiger partial charge < -0.3 is 10.6 Å². The summed E-state index contributed by atoms with van der Waals surface area (Å²) in [6, 6.07) is 0.331. The molecule has 29 heavy (non-hydrogen) atoms. The molecule has 162 valence electrons. The van der Waals surface area contributed by atoms with Crippen LogP contribution in [0.2, 0.25) is 0 Å². The van der Waals surface area contributed by atoms with Crippen molar-refractivity contribution in [2.75, 3.05) is 0 Å². The van der Waals surface area contributed by atoms with Crippen molar-refractivity contribution in [2.45, 2.75) is 68.8 Å². The minimum absolute atomic E-state index is 0.00485. The molecule has 10 heteroatoms. The third kappa shape index (κ3) is 4.02. The molecule has 2 heterocycles. The van der Waals surface area contributed by atoms with Crippen LogP contribution in [0.15, 0.2) is 12.1 Å². The van der Waals surface area contributed by atoms with Crippen molar-refractivity contribution < 1.29 is 30.9 Å². The predicted octanol–water partition coefficient (Wildman–Crippen LogP) is 2.41. The van der Waals surface area contributed by atoms with Crippen molar-refractivity contribution >= 4 is 16.0 Å². The number of halogens is 3. The Hall–Kier alpha value is -1.65. The second kappa shape index (κ2) is 7.55. The first-order valence-corrected chi connectivity index (χ1v) is 11.0. The monoisotopic (exact) mass is 434 g/mol. The van der Waals surface area contributed by atoms with Gasteiger partial charge in [-0.2, -0.15) is 8.42 Å². The number of piperidine rings is 1. The highest BCUT2D eigenvalue weighted by Crippen LogP contribution is 2.42. The molecular formula is C19H25F3N2O4S.